The number of nitrogens with zero attached hydrogens (tertiary/aromatic N) is 3. The molecule has 14 heteroatoms. The van der Waals surface area contributed by atoms with E-state index in [-0.39, 0.29) is 44.9 Å². The number of pyridine rings is 1. The number of hydrazone groups is 1. The molecule has 2 heterocycles. The molecule has 184 valence electrons. The van der Waals surface area contributed by atoms with Gasteiger partial charge in [0.15, 0.2) is 17.1 Å². The van der Waals surface area contributed by atoms with Crippen LogP contribution in [0.25, 0.3) is 11.0 Å². The number of quaternary nitrogens is 2. The Morgan fingerprint density at radius 2 is 1.64 bits per heavy atom. The molecule has 0 aliphatic rings. The number of hydrogen-bond acceptors (Lipinski definition) is 10. The van der Waals surface area contributed by atoms with Crippen LogP contribution in [0.15, 0.2) is 76.9 Å². The second-order valence-corrected chi connectivity index (χ2v) is 7.46. The lowest BCUT2D eigenvalue weighted by atomic mass is 10.0. The Morgan fingerprint density at radius 1 is 1.00 bits per heavy atom. The maximum Gasteiger partial charge on any atom is 0.276 e. The van der Waals surface area contributed by atoms with Crippen molar-refractivity contribution >= 4 is 34.0 Å². The predicted octanol–water partition coefficient (Wildman–Crippen LogP) is -1.01. The summed E-state index contributed by atoms with van der Waals surface area (Å²) in [5.41, 5.74) is 1.46. The van der Waals surface area contributed by atoms with E-state index in [9.17, 15) is 30.3 Å². The molecule has 0 radical (unpaired) electrons. The number of carbonyl (C=O) groups excluding carboxylic acids is 1. The lowest BCUT2D eigenvalue weighted by Gasteiger charge is -2.16. The molecule has 36 heavy (non-hydrogen) atoms. The van der Waals surface area contributed by atoms with Crippen LogP contribution in [0.2, 0.25) is 0 Å². The summed E-state index contributed by atoms with van der Waals surface area (Å²) in [6.07, 6.45) is 1.22. The molecule has 2 aromatic carbocycles. The molecule has 14 nitrogen and oxygen atoms in total. The average Bonchev–Trinajstić information content (AvgIpc) is 2.88. The lowest BCUT2D eigenvalue weighted by Crippen LogP contribution is -2.99. The monoisotopic (exact) mass is 493 g/mol. The second kappa shape index (κ2) is 10.5. The van der Waals surface area contributed by atoms with Crippen LogP contribution in [0, 0.1) is 10.4 Å². The molecule has 0 saturated carbocycles. The van der Waals surface area contributed by atoms with Crippen molar-refractivity contribution in [1.29, 1.82) is 0 Å². The van der Waals surface area contributed by atoms with Crippen LogP contribution < -0.4 is 21.4 Å². The van der Waals surface area contributed by atoms with Crippen molar-refractivity contribution in [2.45, 2.75) is 6.10 Å². The zero-order valence-corrected chi connectivity index (χ0v) is 18.2. The SMILES string of the molecule is O=C(N/N=C(/c1nc2ccc([NH+]([O-])O)cc2[nH]c1=O)C(O)c1ccc([NH+]([O-])O)cc1)c1ccncc1. The third-order valence-corrected chi connectivity index (χ3v) is 5.13. The van der Waals surface area contributed by atoms with E-state index in [1.807, 2.05) is 0 Å². The Hall–Kier alpha value is -4.41. The van der Waals surface area contributed by atoms with Gasteiger partial charge in [-0.2, -0.15) is 15.6 Å². The van der Waals surface area contributed by atoms with E-state index in [1.165, 1.54) is 67.0 Å². The van der Waals surface area contributed by atoms with Crippen LogP contribution in [0.4, 0.5) is 11.4 Å². The fraction of sp³-hybridized carbons (Fsp3) is 0.0455. The summed E-state index contributed by atoms with van der Waals surface area (Å²) >= 11 is 0. The first-order chi connectivity index (χ1) is 17.2. The first-order valence-electron chi connectivity index (χ1n) is 10.3. The zero-order chi connectivity index (χ0) is 25.8. The van der Waals surface area contributed by atoms with E-state index in [4.69, 9.17) is 5.21 Å². The van der Waals surface area contributed by atoms with E-state index in [1.54, 1.807) is 0 Å². The summed E-state index contributed by atoms with van der Waals surface area (Å²) in [6, 6.07) is 12.0. The van der Waals surface area contributed by atoms with Gasteiger partial charge >= 0.3 is 0 Å². The highest BCUT2D eigenvalue weighted by Crippen LogP contribution is 2.20. The van der Waals surface area contributed by atoms with Gasteiger partial charge in [0.25, 0.3) is 11.5 Å². The lowest BCUT2D eigenvalue weighted by molar-refractivity contribution is -0.991. The number of rotatable bonds is 7. The fourth-order valence-corrected chi connectivity index (χ4v) is 3.28. The highest BCUT2D eigenvalue weighted by Gasteiger charge is 2.24. The molecule has 0 spiro atoms. The summed E-state index contributed by atoms with van der Waals surface area (Å²) < 4.78 is 0. The molecular weight excluding hydrogens is 474 g/mol. The number of aliphatic hydroxyl groups is 1. The number of nitrogens with one attached hydrogen (secondary N) is 4. The van der Waals surface area contributed by atoms with Gasteiger partial charge < -0.3 is 20.5 Å². The Morgan fingerprint density at radius 3 is 2.28 bits per heavy atom. The van der Waals surface area contributed by atoms with Crippen molar-refractivity contribution in [3.63, 3.8) is 0 Å². The van der Waals surface area contributed by atoms with Crippen LogP contribution in [-0.2, 0) is 0 Å². The van der Waals surface area contributed by atoms with Gasteiger partial charge in [-0.3, -0.25) is 14.6 Å². The number of aromatic nitrogens is 3. The van der Waals surface area contributed by atoms with Crippen LogP contribution in [0.5, 0.6) is 0 Å². The van der Waals surface area contributed by atoms with E-state index >= 15 is 0 Å². The number of benzene rings is 2. The largest absolute Gasteiger partial charge is 0.595 e. The maximum absolute atomic E-state index is 12.9. The standard InChI is InChI=1S/C22H19N7O7/c30-20(12-1-3-14(4-2-12)28(33)34)18(26-27-21(31)13-7-9-23-10-8-13)19-22(32)25-17-11-15(29(35)36)5-6-16(17)24-19/h1-11,20,28-30,33,35H,(H,25,32)(H,27,31)/b26-18-. The molecule has 0 aliphatic carbocycles. The highest BCUT2D eigenvalue weighted by molar-refractivity contribution is 6.04. The van der Waals surface area contributed by atoms with Crippen LogP contribution in [-0.4, -0.2) is 42.1 Å². The van der Waals surface area contributed by atoms with Gasteiger partial charge in [0.2, 0.25) is 0 Å². The molecule has 0 aliphatic heterocycles. The Labute approximate surface area is 201 Å². The van der Waals surface area contributed by atoms with Gasteiger partial charge in [-0.25, -0.2) is 20.8 Å². The number of hydrogen-bond donors (Lipinski definition) is 7. The van der Waals surface area contributed by atoms with Gasteiger partial charge in [0.05, 0.1) is 11.0 Å². The van der Waals surface area contributed by atoms with Gasteiger partial charge in [-0.05, 0) is 35.9 Å². The number of carbonyl (C=O) groups is 1. The van der Waals surface area contributed by atoms with Gasteiger partial charge in [-0.15, -0.1) is 0 Å². The molecule has 4 aromatic rings. The minimum Gasteiger partial charge on any atom is -0.595 e. The summed E-state index contributed by atoms with van der Waals surface area (Å²) in [7, 11) is 0. The number of aromatic amines is 1. The zero-order valence-electron chi connectivity index (χ0n) is 18.2. The molecule has 0 fully saturated rings. The molecule has 0 bridgehead atoms. The second-order valence-electron chi connectivity index (χ2n) is 7.46. The van der Waals surface area contributed by atoms with Crippen LogP contribution in [0.1, 0.15) is 27.7 Å². The van der Waals surface area contributed by atoms with E-state index in [0.29, 0.717) is 0 Å². The number of amides is 1. The van der Waals surface area contributed by atoms with E-state index in [2.05, 4.69) is 25.5 Å². The molecule has 0 saturated heterocycles. The average molecular weight is 493 g/mol. The highest BCUT2D eigenvalue weighted by atomic mass is 16.8. The van der Waals surface area contributed by atoms with E-state index in [0.717, 1.165) is 0 Å². The summed E-state index contributed by atoms with van der Waals surface area (Å²) in [5, 5.41) is 53.4. The molecule has 7 N–H and O–H groups in total. The van der Waals surface area contributed by atoms with Crippen molar-refractivity contribution < 1.29 is 30.8 Å². The molecular formula is C22H19N7O7. The van der Waals surface area contributed by atoms with E-state index < -0.39 is 28.0 Å². The number of fused-ring (bicyclic) bond motifs is 1. The molecule has 1 amide bonds. The first kappa shape index (κ1) is 24.7. The van der Waals surface area contributed by atoms with Gasteiger partial charge in [0, 0.05) is 42.2 Å². The minimum absolute atomic E-state index is 0.0219. The first-order valence-corrected chi connectivity index (χ1v) is 10.3. The van der Waals surface area contributed by atoms with Gasteiger partial charge in [-0.1, -0.05) is 0 Å². The molecule has 3 unspecified atom stereocenters. The van der Waals surface area contributed by atoms with Gasteiger partial charge in [0.1, 0.15) is 11.8 Å². The summed E-state index contributed by atoms with van der Waals surface area (Å²) in [6.45, 7) is 0. The Kier molecular flexibility index (Phi) is 7.18. The van der Waals surface area contributed by atoms with Crippen LogP contribution in [0.3, 0.4) is 0 Å². The number of H-pyrrole nitrogens is 1. The fourth-order valence-electron chi connectivity index (χ4n) is 3.28. The topological polar surface area (TPSA) is 216 Å². The smallest absolute Gasteiger partial charge is 0.276 e. The summed E-state index contributed by atoms with van der Waals surface area (Å²) in [5.74, 6) is -0.647. The van der Waals surface area contributed by atoms with Crippen molar-refractivity contribution in [2.75, 3.05) is 0 Å². The molecule has 4 rings (SSSR count). The third kappa shape index (κ3) is 5.29. The minimum atomic E-state index is -1.59. The van der Waals surface area contributed by atoms with Crippen molar-refractivity contribution in [1.82, 2.24) is 20.4 Å². The quantitative estimate of drug-likeness (QED) is 0.124. The maximum atomic E-state index is 12.9. The summed E-state index contributed by atoms with van der Waals surface area (Å²) in [4.78, 5) is 36.0. The van der Waals surface area contributed by atoms with Crippen molar-refractivity contribution in [3.8, 4) is 0 Å². The van der Waals surface area contributed by atoms with Crippen molar-refractivity contribution in [3.05, 3.63) is 105 Å². The Balaban J connectivity index is 1.78. The normalized spacial score (nSPS) is 14.3. The Bertz CT molecular complexity index is 1470. The molecule has 2 aromatic heterocycles. The number of aliphatic hydroxyl groups excluding tert-OH is 1. The van der Waals surface area contributed by atoms with Crippen molar-refractivity contribution in [2.24, 2.45) is 5.10 Å². The third-order valence-electron chi connectivity index (χ3n) is 5.13. The predicted molar refractivity (Wildman–Crippen MR) is 124 cm³/mol. The van der Waals surface area contributed by atoms with Crippen LogP contribution >= 0.6 is 0 Å². The molecule has 3 atom stereocenters.